The second kappa shape index (κ2) is 4.31. The minimum Gasteiger partial charge on any atom is -0.472 e. The molecule has 0 saturated heterocycles. The van der Waals surface area contributed by atoms with Gasteiger partial charge in [0.25, 0.3) is 0 Å². The van der Waals surface area contributed by atoms with Crippen LogP contribution in [0.25, 0.3) is 0 Å². The third kappa shape index (κ3) is 2.03. The summed E-state index contributed by atoms with van der Waals surface area (Å²) in [5.41, 5.74) is 10.1. The third-order valence-electron chi connectivity index (χ3n) is 2.76. The molecule has 16 heavy (non-hydrogen) atoms. The Balaban J connectivity index is 2.21. The fourth-order valence-corrected chi connectivity index (χ4v) is 1.80. The molecule has 0 aliphatic rings. The highest BCUT2D eigenvalue weighted by atomic mass is 16.3. The molecule has 0 spiro atoms. The van der Waals surface area contributed by atoms with E-state index in [0.29, 0.717) is 0 Å². The minimum absolute atomic E-state index is 0.820. The standard InChI is InChI=1S/C13H16N2O/c1-10-12(14)4-3-5-13(10)15(2)8-11-6-7-16-9-11/h3-7,9H,8,14H2,1-2H3. The first kappa shape index (κ1) is 10.6. The molecule has 1 heterocycles. The molecule has 0 unspecified atom stereocenters. The van der Waals surface area contributed by atoms with E-state index in [9.17, 15) is 0 Å². The zero-order chi connectivity index (χ0) is 11.5. The highest BCUT2D eigenvalue weighted by Crippen LogP contribution is 2.24. The first-order chi connectivity index (χ1) is 7.68. The summed E-state index contributed by atoms with van der Waals surface area (Å²) in [5, 5.41) is 0. The van der Waals surface area contributed by atoms with E-state index in [1.807, 2.05) is 25.1 Å². The molecule has 0 amide bonds. The van der Waals surface area contributed by atoms with E-state index in [2.05, 4.69) is 18.0 Å². The maximum Gasteiger partial charge on any atom is 0.0952 e. The minimum atomic E-state index is 0.820. The van der Waals surface area contributed by atoms with Crippen molar-refractivity contribution < 1.29 is 4.42 Å². The van der Waals surface area contributed by atoms with Crippen molar-refractivity contribution >= 4 is 11.4 Å². The first-order valence-corrected chi connectivity index (χ1v) is 5.26. The lowest BCUT2D eigenvalue weighted by atomic mass is 10.1. The number of hydrogen-bond acceptors (Lipinski definition) is 3. The lowest BCUT2D eigenvalue weighted by Gasteiger charge is -2.21. The predicted octanol–water partition coefficient (Wildman–Crippen LogP) is 2.81. The van der Waals surface area contributed by atoms with E-state index in [0.717, 1.165) is 29.0 Å². The van der Waals surface area contributed by atoms with Crippen molar-refractivity contribution in [2.24, 2.45) is 0 Å². The molecule has 0 aliphatic carbocycles. The quantitative estimate of drug-likeness (QED) is 0.802. The van der Waals surface area contributed by atoms with E-state index in [-0.39, 0.29) is 0 Å². The molecule has 84 valence electrons. The lowest BCUT2D eigenvalue weighted by Crippen LogP contribution is -2.17. The molecule has 2 aromatic rings. The van der Waals surface area contributed by atoms with Crippen LogP contribution in [0.15, 0.2) is 41.2 Å². The molecule has 2 N–H and O–H groups in total. The largest absolute Gasteiger partial charge is 0.472 e. The van der Waals surface area contributed by atoms with E-state index in [1.165, 1.54) is 0 Å². The molecule has 1 aromatic carbocycles. The van der Waals surface area contributed by atoms with Crippen molar-refractivity contribution in [3.05, 3.63) is 47.9 Å². The van der Waals surface area contributed by atoms with Crippen LogP contribution >= 0.6 is 0 Å². The van der Waals surface area contributed by atoms with Gasteiger partial charge in [0, 0.05) is 30.5 Å². The van der Waals surface area contributed by atoms with Crippen molar-refractivity contribution in [3.63, 3.8) is 0 Å². The van der Waals surface area contributed by atoms with Crippen LogP contribution in [0, 0.1) is 6.92 Å². The Kier molecular flexibility index (Phi) is 2.86. The number of furan rings is 1. The molecule has 0 atom stereocenters. The molecular weight excluding hydrogens is 200 g/mol. The topological polar surface area (TPSA) is 42.4 Å². The highest BCUT2D eigenvalue weighted by Gasteiger charge is 2.07. The number of nitrogen functional groups attached to an aromatic ring is 1. The zero-order valence-electron chi connectivity index (χ0n) is 9.60. The summed E-state index contributed by atoms with van der Waals surface area (Å²) in [6.45, 7) is 2.86. The van der Waals surface area contributed by atoms with Crippen molar-refractivity contribution in [3.8, 4) is 0 Å². The van der Waals surface area contributed by atoms with Crippen LogP contribution in [0.2, 0.25) is 0 Å². The van der Waals surface area contributed by atoms with Crippen LogP contribution in [0.4, 0.5) is 11.4 Å². The average Bonchev–Trinajstić information content (AvgIpc) is 2.74. The number of benzene rings is 1. The molecule has 0 fully saturated rings. The summed E-state index contributed by atoms with van der Waals surface area (Å²) in [6.07, 6.45) is 3.45. The average molecular weight is 216 g/mol. The Morgan fingerprint density at radius 1 is 1.31 bits per heavy atom. The van der Waals surface area contributed by atoms with Gasteiger partial charge in [0.2, 0.25) is 0 Å². The van der Waals surface area contributed by atoms with Gasteiger partial charge in [-0.1, -0.05) is 6.07 Å². The van der Waals surface area contributed by atoms with Gasteiger partial charge in [0.1, 0.15) is 0 Å². The van der Waals surface area contributed by atoms with Gasteiger partial charge in [-0.3, -0.25) is 0 Å². The summed E-state index contributed by atoms with van der Waals surface area (Å²) >= 11 is 0. The molecule has 2 rings (SSSR count). The number of nitrogens with two attached hydrogens (primary N) is 1. The van der Waals surface area contributed by atoms with Crippen LogP contribution in [-0.4, -0.2) is 7.05 Å². The van der Waals surface area contributed by atoms with Crippen molar-refractivity contribution in [1.29, 1.82) is 0 Å². The Hall–Kier alpha value is -1.90. The second-order valence-electron chi connectivity index (χ2n) is 3.98. The smallest absolute Gasteiger partial charge is 0.0952 e. The summed E-state index contributed by atoms with van der Waals surface area (Å²) in [6, 6.07) is 7.94. The van der Waals surface area contributed by atoms with Crippen molar-refractivity contribution in [2.75, 3.05) is 17.7 Å². The third-order valence-corrected chi connectivity index (χ3v) is 2.76. The first-order valence-electron chi connectivity index (χ1n) is 5.26. The Morgan fingerprint density at radius 3 is 2.81 bits per heavy atom. The fraction of sp³-hybridized carbons (Fsp3) is 0.231. The zero-order valence-corrected chi connectivity index (χ0v) is 9.60. The molecule has 0 radical (unpaired) electrons. The summed E-state index contributed by atoms with van der Waals surface area (Å²) in [5.74, 6) is 0. The van der Waals surface area contributed by atoms with Crippen LogP contribution in [0.5, 0.6) is 0 Å². The Morgan fingerprint density at radius 2 is 2.12 bits per heavy atom. The number of rotatable bonds is 3. The van der Waals surface area contributed by atoms with Gasteiger partial charge in [0.15, 0.2) is 0 Å². The van der Waals surface area contributed by atoms with Gasteiger partial charge in [0.05, 0.1) is 12.5 Å². The van der Waals surface area contributed by atoms with Gasteiger partial charge in [-0.15, -0.1) is 0 Å². The Labute approximate surface area is 95.5 Å². The van der Waals surface area contributed by atoms with Gasteiger partial charge in [-0.05, 0) is 30.7 Å². The predicted molar refractivity (Wildman–Crippen MR) is 66.4 cm³/mol. The monoisotopic (exact) mass is 216 g/mol. The van der Waals surface area contributed by atoms with Gasteiger partial charge in [-0.2, -0.15) is 0 Å². The van der Waals surface area contributed by atoms with E-state index in [4.69, 9.17) is 10.2 Å². The fourth-order valence-electron chi connectivity index (χ4n) is 1.80. The van der Waals surface area contributed by atoms with Gasteiger partial charge in [-0.25, -0.2) is 0 Å². The summed E-state index contributed by atoms with van der Waals surface area (Å²) in [7, 11) is 2.05. The summed E-state index contributed by atoms with van der Waals surface area (Å²) in [4.78, 5) is 2.16. The van der Waals surface area contributed by atoms with E-state index < -0.39 is 0 Å². The number of anilines is 2. The van der Waals surface area contributed by atoms with Crippen molar-refractivity contribution in [1.82, 2.24) is 0 Å². The number of hydrogen-bond donors (Lipinski definition) is 1. The maximum absolute atomic E-state index is 5.89. The molecular formula is C13H16N2O. The van der Waals surface area contributed by atoms with Crippen LogP contribution in [0.3, 0.4) is 0 Å². The molecule has 3 heteroatoms. The normalized spacial score (nSPS) is 10.4. The lowest BCUT2D eigenvalue weighted by molar-refractivity contribution is 0.563. The van der Waals surface area contributed by atoms with Crippen molar-refractivity contribution in [2.45, 2.75) is 13.5 Å². The molecule has 3 nitrogen and oxygen atoms in total. The van der Waals surface area contributed by atoms with Crippen LogP contribution in [-0.2, 0) is 6.54 Å². The second-order valence-corrected chi connectivity index (χ2v) is 3.98. The highest BCUT2D eigenvalue weighted by molar-refractivity contribution is 5.63. The van der Waals surface area contributed by atoms with E-state index >= 15 is 0 Å². The maximum atomic E-state index is 5.89. The van der Waals surface area contributed by atoms with Gasteiger partial charge < -0.3 is 15.1 Å². The summed E-state index contributed by atoms with van der Waals surface area (Å²) < 4.78 is 5.05. The molecule has 0 bridgehead atoms. The molecule has 0 aliphatic heterocycles. The van der Waals surface area contributed by atoms with Crippen LogP contribution in [0.1, 0.15) is 11.1 Å². The molecule has 0 saturated carbocycles. The van der Waals surface area contributed by atoms with Gasteiger partial charge >= 0.3 is 0 Å². The Bertz CT molecular complexity index is 463. The van der Waals surface area contributed by atoms with Crippen LogP contribution < -0.4 is 10.6 Å². The molecule has 1 aromatic heterocycles. The number of nitrogens with zero attached hydrogens (tertiary/aromatic N) is 1. The SMILES string of the molecule is Cc1c(N)cccc1N(C)Cc1ccoc1. The van der Waals surface area contributed by atoms with E-state index in [1.54, 1.807) is 12.5 Å².